The molecule has 0 aliphatic carbocycles. The van der Waals surface area contributed by atoms with Crippen molar-refractivity contribution in [2.24, 2.45) is 5.92 Å². The first kappa shape index (κ1) is 10.7. The number of aryl methyl sites for hydroxylation is 1. The zero-order valence-electron chi connectivity index (χ0n) is 8.87. The van der Waals surface area contributed by atoms with Crippen molar-refractivity contribution in [2.45, 2.75) is 27.3 Å². The molecule has 0 saturated heterocycles. The van der Waals surface area contributed by atoms with Gasteiger partial charge in [0.2, 0.25) is 5.91 Å². The lowest BCUT2D eigenvalue weighted by atomic mass is 10.2. The Morgan fingerprint density at radius 2 is 2.29 bits per heavy atom. The van der Waals surface area contributed by atoms with E-state index in [9.17, 15) is 4.79 Å². The van der Waals surface area contributed by atoms with Gasteiger partial charge in [-0.05, 0) is 18.6 Å². The molecule has 1 N–H and O–H groups in total. The maximum absolute atomic E-state index is 11.3. The van der Waals surface area contributed by atoms with Crippen LogP contribution in [0.3, 0.4) is 0 Å². The molecule has 1 amide bonds. The second kappa shape index (κ2) is 4.74. The quantitative estimate of drug-likeness (QED) is 0.791. The van der Waals surface area contributed by atoms with E-state index in [0.29, 0.717) is 6.54 Å². The minimum absolute atomic E-state index is 0.0269. The van der Waals surface area contributed by atoms with Crippen LogP contribution in [0.4, 0.5) is 0 Å². The number of hydrogen-bond acceptors (Lipinski definition) is 2. The molecule has 0 fully saturated rings. The average Bonchev–Trinajstić information content (AvgIpc) is 2.16. The maximum Gasteiger partial charge on any atom is 0.222 e. The van der Waals surface area contributed by atoms with Crippen molar-refractivity contribution >= 4 is 5.91 Å². The van der Waals surface area contributed by atoms with E-state index in [1.165, 1.54) is 0 Å². The first-order valence-corrected chi connectivity index (χ1v) is 4.79. The van der Waals surface area contributed by atoms with Crippen molar-refractivity contribution in [3.8, 4) is 0 Å². The van der Waals surface area contributed by atoms with E-state index in [4.69, 9.17) is 0 Å². The van der Waals surface area contributed by atoms with Crippen LogP contribution in [0.15, 0.2) is 18.3 Å². The number of nitrogens with zero attached hydrogens (tertiary/aromatic N) is 1. The van der Waals surface area contributed by atoms with Gasteiger partial charge in [0.15, 0.2) is 0 Å². The summed E-state index contributed by atoms with van der Waals surface area (Å²) in [6.45, 7) is 6.26. The zero-order chi connectivity index (χ0) is 10.6. The lowest BCUT2D eigenvalue weighted by Crippen LogP contribution is -2.27. The van der Waals surface area contributed by atoms with Gasteiger partial charge in [0, 0.05) is 12.1 Å². The number of rotatable bonds is 3. The number of carbonyl (C=O) groups is 1. The molecule has 1 heterocycles. The van der Waals surface area contributed by atoms with Crippen molar-refractivity contribution < 1.29 is 4.79 Å². The molecule has 0 radical (unpaired) electrons. The Kier molecular flexibility index (Phi) is 3.63. The number of nitrogens with one attached hydrogen (secondary N) is 1. The van der Waals surface area contributed by atoms with E-state index in [0.717, 1.165) is 11.3 Å². The van der Waals surface area contributed by atoms with E-state index < -0.39 is 0 Å². The first-order valence-electron chi connectivity index (χ1n) is 4.79. The fourth-order valence-electron chi connectivity index (χ4n) is 1.08. The van der Waals surface area contributed by atoms with Crippen molar-refractivity contribution in [2.75, 3.05) is 0 Å². The minimum atomic E-state index is 0.0269. The molecule has 3 heteroatoms. The second-order valence-corrected chi connectivity index (χ2v) is 3.64. The van der Waals surface area contributed by atoms with Crippen LogP contribution in [0.1, 0.15) is 25.1 Å². The molecule has 0 spiro atoms. The fourth-order valence-corrected chi connectivity index (χ4v) is 1.08. The van der Waals surface area contributed by atoms with E-state index in [-0.39, 0.29) is 11.8 Å². The van der Waals surface area contributed by atoms with Gasteiger partial charge in [0.1, 0.15) is 0 Å². The molecule has 0 aliphatic rings. The molecule has 1 rings (SSSR count). The minimum Gasteiger partial charge on any atom is -0.350 e. The van der Waals surface area contributed by atoms with Crippen LogP contribution in [0.2, 0.25) is 0 Å². The highest BCUT2D eigenvalue weighted by Gasteiger charge is 2.06. The summed E-state index contributed by atoms with van der Waals surface area (Å²) >= 11 is 0. The van der Waals surface area contributed by atoms with E-state index >= 15 is 0 Å². The van der Waals surface area contributed by atoms with Crippen molar-refractivity contribution in [1.29, 1.82) is 0 Å². The highest BCUT2D eigenvalue weighted by molar-refractivity contribution is 5.77. The van der Waals surface area contributed by atoms with Gasteiger partial charge >= 0.3 is 0 Å². The number of amides is 1. The second-order valence-electron chi connectivity index (χ2n) is 3.64. The van der Waals surface area contributed by atoms with Crippen LogP contribution >= 0.6 is 0 Å². The van der Waals surface area contributed by atoms with Crippen LogP contribution in [0, 0.1) is 12.8 Å². The summed E-state index contributed by atoms with van der Waals surface area (Å²) in [4.78, 5) is 15.5. The largest absolute Gasteiger partial charge is 0.350 e. The zero-order valence-corrected chi connectivity index (χ0v) is 8.87. The summed E-state index contributed by atoms with van der Waals surface area (Å²) in [7, 11) is 0. The summed E-state index contributed by atoms with van der Waals surface area (Å²) in [5, 5.41) is 2.84. The molecule has 0 aromatic carbocycles. The molecule has 14 heavy (non-hydrogen) atoms. The van der Waals surface area contributed by atoms with Gasteiger partial charge in [-0.25, -0.2) is 0 Å². The van der Waals surface area contributed by atoms with Crippen molar-refractivity contribution in [3.05, 3.63) is 29.6 Å². The molecule has 0 atom stereocenters. The Morgan fingerprint density at radius 1 is 1.57 bits per heavy atom. The summed E-state index contributed by atoms with van der Waals surface area (Å²) in [5.74, 6) is 0.0917. The van der Waals surface area contributed by atoms with Crippen LogP contribution in [-0.4, -0.2) is 10.9 Å². The molecule has 0 bridgehead atoms. The number of aromatic nitrogens is 1. The Labute approximate surface area is 84.6 Å². The Hall–Kier alpha value is -1.38. The van der Waals surface area contributed by atoms with Gasteiger partial charge in [-0.15, -0.1) is 0 Å². The highest BCUT2D eigenvalue weighted by atomic mass is 16.1. The Balaban J connectivity index is 2.54. The van der Waals surface area contributed by atoms with Gasteiger partial charge in [-0.3, -0.25) is 9.78 Å². The molecule has 76 valence electrons. The summed E-state index contributed by atoms with van der Waals surface area (Å²) in [5.41, 5.74) is 2.04. The SMILES string of the molecule is Cc1cccnc1CNC(=O)C(C)C. The van der Waals surface area contributed by atoms with Gasteiger partial charge in [-0.2, -0.15) is 0 Å². The van der Waals surface area contributed by atoms with E-state index in [1.807, 2.05) is 32.9 Å². The highest BCUT2D eigenvalue weighted by Crippen LogP contribution is 2.02. The first-order chi connectivity index (χ1) is 6.61. The average molecular weight is 192 g/mol. The topological polar surface area (TPSA) is 42.0 Å². The van der Waals surface area contributed by atoms with Gasteiger partial charge in [0.05, 0.1) is 12.2 Å². The molecule has 0 aliphatic heterocycles. The summed E-state index contributed by atoms with van der Waals surface area (Å²) in [6, 6.07) is 3.88. The molecular weight excluding hydrogens is 176 g/mol. The van der Waals surface area contributed by atoms with Crippen LogP contribution in [-0.2, 0) is 11.3 Å². The lowest BCUT2D eigenvalue weighted by Gasteiger charge is -2.08. The van der Waals surface area contributed by atoms with Gasteiger partial charge in [0.25, 0.3) is 0 Å². The standard InChI is InChI=1S/C11H16N2O/c1-8(2)11(14)13-7-10-9(3)5-4-6-12-10/h4-6,8H,7H2,1-3H3,(H,13,14). The molecule has 1 aromatic heterocycles. The van der Waals surface area contributed by atoms with Crippen molar-refractivity contribution in [3.63, 3.8) is 0 Å². The molecule has 3 nitrogen and oxygen atoms in total. The van der Waals surface area contributed by atoms with E-state index in [1.54, 1.807) is 6.20 Å². The molecule has 0 saturated carbocycles. The van der Waals surface area contributed by atoms with Gasteiger partial charge in [-0.1, -0.05) is 19.9 Å². The normalized spacial score (nSPS) is 10.3. The third kappa shape index (κ3) is 2.83. The van der Waals surface area contributed by atoms with Crippen LogP contribution in [0.5, 0.6) is 0 Å². The molecule has 1 aromatic rings. The smallest absolute Gasteiger partial charge is 0.222 e. The van der Waals surface area contributed by atoms with Gasteiger partial charge < -0.3 is 5.32 Å². The predicted octanol–water partition coefficient (Wildman–Crippen LogP) is 1.66. The van der Waals surface area contributed by atoms with Crippen molar-refractivity contribution in [1.82, 2.24) is 10.3 Å². The third-order valence-electron chi connectivity index (χ3n) is 2.07. The molecular formula is C11H16N2O. The Bertz CT molecular complexity index is 321. The summed E-state index contributed by atoms with van der Waals surface area (Å²) in [6.07, 6.45) is 1.74. The lowest BCUT2D eigenvalue weighted by molar-refractivity contribution is -0.124. The number of hydrogen-bond donors (Lipinski definition) is 1. The predicted molar refractivity (Wildman–Crippen MR) is 55.7 cm³/mol. The van der Waals surface area contributed by atoms with Crippen LogP contribution < -0.4 is 5.32 Å². The monoisotopic (exact) mass is 192 g/mol. The molecule has 0 unspecified atom stereocenters. The fraction of sp³-hybridized carbons (Fsp3) is 0.455. The maximum atomic E-state index is 11.3. The summed E-state index contributed by atoms with van der Waals surface area (Å²) < 4.78 is 0. The number of pyridine rings is 1. The Morgan fingerprint density at radius 3 is 2.86 bits per heavy atom. The van der Waals surface area contributed by atoms with E-state index in [2.05, 4.69) is 10.3 Å². The number of carbonyl (C=O) groups excluding carboxylic acids is 1. The third-order valence-corrected chi connectivity index (χ3v) is 2.07. The van der Waals surface area contributed by atoms with Crippen LogP contribution in [0.25, 0.3) is 0 Å².